The van der Waals surface area contributed by atoms with Crippen LogP contribution in [-0.2, 0) is 14.3 Å². The maximum atomic E-state index is 11.2. The van der Waals surface area contributed by atoms with E-state index in [0.717, 1.165) is 12.2 Å². The summed E-state index contributed by atoms with van der Waals surface area (Å²) in [6, 6.07) is 0. The predicted octanol–water partition coefficient (Wildman–Crippen LogP) is 1.59. The summed E-state index contributed by atoms with van der Waals surface area (Å²) >= 11 is 1.63. The molecule has 0 aliphatic rings. The van der Waals surface area contributed by atoms with Gasteiger partial charge in [-0.3, -0.25) is 9.59 Å². The summed E-state index contributed by atoms with van der Waals surface area (Å²) in [6.45, 7) is 4.83. The van der Waals surface area contributed by atoms with Crippen molar-refractivity contribution in [3.63, 3.8) is 0 Å². The highest BCUT2D eigenvalue weighted by atomic mass is 32.2. The maximum Gasteiger partial charge on any atom is 0.305 e. The Morgan fingerprint density at radius 2 is 2.06 bits per heavy atom. The number of nitrogens with one attached hydrogen (secondary N) is 1. The molecule has 0 saturated heterocycles. The first-order valence-electron chi connectivity index (χ1n) is 5.70. The molecule has 1 amide bonds. The van der Waals surface area contributed by atoms with E-state index in [4.69, 9.17) is 4.74 Å². The van der Waals surface area contributed by atoms with E-state index in [1.807, 2.05) is 0 Å². The number of amides is 1. The van der Waals surface area contributed by atoms with Crippen molar-refractivity contribution < 1.29 is 14.3 Å². The Balaban J connectivity index is 3.30. The zero-order chi connectivity index (χ0) is 12.2. The molecular weight excluding hydrogens is 226 g/mol. The highest BCUT2D eigenvalue weighted by Gasteiger charge is 2.03. The lowest BCUT2D eigenvalue weighted by Gasteiger charge is -2.04. The summed E-state index contributed by atoms with van der Waals surface area (Å²) in [5.41, 5.74) is 0. The van der Waals surface area contributed by atoms with Crippen LogP contribution in [0.3, 0.4) is 0 Å². The lowest BCUT2D eigenvalue weighted by atomic mass is 10.3. The van der Waals surface area contributed by atoms with Crippen LogP contribution in [0, 0.1) is 0 Å². The molecule has 0 heterocycles. The fourth-order valence-corrected chi connectivity index (χ4v) is 1.77. The number of hydrogen-bond donors (Lipinski definition) is 1. The SMILES string of the molecule is CCCSCC(=O)NCCCC(=O)OCC. The minimum Gasteiger partial charge on any atom is -0.466 e. The van der Waals surface area contributed by atoms with Crippen LogP contribution in [-0.4, -0.2) is 36.5 Å². The molecule has 0 atom stereocenters. The van der Waals surface area contributed by atoms with Crippen molar-refractivity contribution in [1.29, 1.82) is 0 Å². The number of carbonyl (C=O) groups excluding carboxylic acids is 2. The number of hydrogen-bond acceptors (Lipinski definition) is 4. The summed E-state index contributed by atoms with van der Waals surface area (Å²) in [5.74, 6) is 1.36. The Bertz CT molecular complexity index is 209. The molecule has 0 aromatic carbocycles. The zero-order valence-electron chi connectivity index (χ0n) is 10.1. The number of carbonyl (C=O) groups is 2. The van der Waals surface area contributed by atoms with Gasteiger partial charge in [0.05, 0.1) is 12.4 Å². The molecule has 94 valence electrons. The van der Waals surface area contributed by atoms with E-state index in [1.54, 1.807) is 18.7 Å². The normalized spacial score (nSPS) is 9.88. The summed E-state index contributed by atoms with van der Waals surface area (Å²) in [7, 11) is 0. The van der Waals surface area contributed by atoms with Gasteiger partial charge in [0, 0.05) is 13.0 Å². The molecule has 0 bridgehead atoms. The largest absolute Gasteiger partial charge is 0.466 e. The summed E-state index contributed by atoms with van der Waals surface area (Å²) in [6.07, 6.45) is 2.10. The molecule has 4 nitrogen and oxygen atoms in total. The van der Waals surface area contributed by atoms with Crippen LogP contribution < -0.4 is 5.32 Å². The van der Waals surface area contributed by atoms with E-state index in [-0.39, 0.29) is 11.9 Å². The molecule has 0 aromatic rings. The molecule has 0 rings (SSSR count). The number of thioether (sulfide) groups is 1. The number of rotatable bonds is 9. The van der Waals surface area contributed by atoms with Crippen molar-refractivity contribution >= 4 is 23.6 Å². The molecule has 0 fully saturated rings. The zero-order valence-corrected chi connectivity index (χ0v) is 10.9. The maximum absolute atomic E-state index is 11.2. The van der Waals surface area contributed by atoms with E-state index in [1.165, 1.54) is 0 Å². The van der Waals surface area contributed by atoms with Crippen molar-refractivity contribution in [3.05, 3.63) is 0 Å². The Morgan fingerprint density at radius 1 is 1.31 bits per heavy atom. The second kappa shape index (κ2) is 10.8. The molecule has 0 saturated carbocycles. The van der Waals surface area contributed by atoms with Crippen molar-refractivity contribution in [2.24, 2.45) is 0 Å². The average Bonchev–Trinajstić information content (AvgIpc) is 2.25. The summed E-state index contributed by atoms with van der Waals surface area (Å²) in [4.78, 5) is 22.2. The van der Waals surface area contributed by atoms with Crippen molar-refractivity contribution in [1.82, 2.24) is 5.32 Å². The molecular formula is C11H21NO3S. The molecule has 0 aliphatic heterocycles. The van der Waals surface area contributed by atoms with E-state index in [9.17, 15) is 9.59 Å². The van der Waals surface area contributed by atoms with Crippen LogP contribution in [0.15, 0.2) is 0 Å². The molecule has 0 radical (unpaired) electrons. The van der Waals surface area contributed by atoms with Crippen LogP contribution in [0.5, 0.6) is 0 Å². The van der Waals surface area contributed by atoms with Crippen LogP contribution in [0.4, 0.5) is 0 Å². The molecule has 16 heavy (non-hydrogen) atoms. The van der Waals surface area contributed by atoms with Crippen molar-refractivity contribution in [2.75, 3.05) is 24.7 Å². The Kier molecular flexibility index (Phi) is 10.3. The third kappa shape index (κ3) is 9.83. The predicted molar refractivity (Wildman–Crippen MR) is 66.5 cm³/mol. The molecule has 0 aromatic heterocycles. The fourth-order valence-electron chi connectivity index (χ4n) is 1.05. The van der Waals surface area contributed by atoms with E-state index in [2.05, 4.69) is 12.2 Å². The van der Waals surface area contributed by atoms with Gasteiger partial charge < -0.3 is 10.1 Å². The van der Waals surface area contributed by atoms with E-state index in [0.29, 0.717) is 31.7 Å². The van der Waals surface area contributed by atoms with Gasteiger partial charge in [-0.2, -0.15) is 11.8 Å². The van der Waals surface area contributed by atoms with Gasteiger partial charge in [-0.05, 0) is 25.5 Å². The smallest absolute Gasteiger partial charge is 0.305 e. The van der Waals surface area contributed by atoms with Crippen LogP contribution in [0.1, 0.15) is 33.1 Å². The minimum atomic E-state index is -0.197. The average molecular weight is 247 g/mol. The second-order valence-electron chi connectivity index (χ2n) is 3.31. The summed E-state index contributed by atoms with van der Waals surface area (Å²) in [5, 5.41) is 2.77. The second-order valence-corrected chi connectivity index (χ2v) is 4.42. The van der Waals surface area contributed by atoms with Gasteiger partial charge in [-0.15, -0.1) is 0 Å². The molecule has 0 spiro atoms. The first-order chi connectivity index (χ1) is 7.70. The Labute approximate surface area is 101 Å². The highest BCUT2D eigenvalue weighted by molar-refractivity contribution is 7.99. The third-order valence-electron chi connectivity index (χ3n) is 1.77. The third-order valence-corrected chi connectivity index (χ3v) is 2.93. The van der Waals surface area contributed by atoms with Crippen molar-refractivity contribution in [2.45, 2.75) is 33.1 Å². The first kappa shape index (κ1) is 15.3. The minimum absolute atomic E-state index is 0.0438. The van der Waals surface area contributed by atoms with Crippen molar-refractivity contribution in [3.8, 4) is 0 Å². The number of ether oxygens (including phenoxy) is 1. The summed E-state index contributed by atoms with van der Waals surface area (Å²) < 4.78 is 4.77. The molecule has 5 heteroatoms. The van der Waals surface area contributed by atoms with Gasteiger partial charge in [-0.25, -0.2) is 0 Å². The van der Waals surface area contributed by atoms with Gasteiger partial charge in [0.1, 0.15) is 0 Å². The van der Waals surface area contributed by atoms with E-state index < -0.39 is 0 Å². The Hall–Kier alpha value is -0.710. The standard InChI is InChI=1S/C11H21NO3S/c1-3-8-16-9-10(13)12-7-5-6-11(14)15-4-2/h3-9H2,1-2H3,(H,12,13). The van der Waals surface area contributed by atoms with Crippen LogP contribution in [0.25, 0.3) is 0 Å². The lowest BCUT2D eigenvalue weighted by molar-refractivity contribution is -0.143. The fraction of sp³-hybridized carbons (Fsp3) is 0.818. The van der Waals surface area contributed by atoms with Crippen LogP contribution >= 0.6 is 11.8 Å². The quantitative estimate of drug-likeness (QED) is 0.496. The van der Waals surface area contributed by atoms with E-state index >= 15 is 0 Å². The first-order valence-corrected chi connectivity index (χ1v) is 6.86. The van der Waals surface area contributed by atoms with Gasteiger partial charge in [0.25, 0.3) is 0 Å². The monoisotopic (exact) mass is 247 g/mol. The van der Waals surface area contributed by atoms with Gasteiger partial charge >= 0.3 is 5.97 Å². The van der Waals surface area contributed by atoms with Gasteiger partial charge in [0.2, 0.25) is 5.91 Å². The molecule has 0 aliphatic carbocycles. The van der Waals surface area contributed by atoms with Gasteiger partial charge in [-0.1, -0.05) is 6.92 Å². The number of esters is 1. The van der Waals surface area contributed by atoms with Crippen LogP contribution in [0.2, 0.25) is 0 Å². The molecule has 0 unspecified atom stereocenters. The Morgan fingerprint density at radius 3 is 2.69 bits per heavy atom. The topological polar surface area (TPSA) is 55.4 Å². The van der Waals surface area contributed by atoms with Gasteiger partial charge in [0.15, 0.2) is 0 Å². The highest BCUT2D eigenvalue weighted by Crippen LogP contribution is 2.00. The molecule has 1 N–H and O–H groups in total. The lowest BCUT2D eigenvalue weighted by Crippen LogP contribution is -2.26.